The summed E-state index contributed by atoms with van der Waals surface area (Å²) in [4.78, 5) is 0. The highest BCUT2D eigenvalue weighted by molar-refractivity contribution is 9.10. The van der Waals surface area contributed by atoms with E-state index in [2.05, 4.69) is 68.0 Å². The van der Waals surface area contributed by atoms with Gasteiger partial charge in [-0.05, 0) is 22.2 Å². The SMILES string of the molecule is C[Si](C)c1c(Br)cccc1C(C)(C)C. The van der Waals surface area contributed by atoms with Crippen LogP contribution >= 0.6 is 15.9 Å². The predicted molar refractivity (Wildman–Crippen MR) is 70.0 cm³/mol. The topological polar surface area (TPSA) is 0 Å². The van der Waals surface area contributed by atoms with E-state index in [0.29, 0.717) is 0 Å². The van der Waals surface area contributed by atoms with Crippen molar-refractivity contribution in [2.75, 3.05) is 0 Å². The number of rotatable bonds is 1. The third kappa shape index (κ3) is 2.48. The molecule has 0 heterocycles. The van der Waals surface area contributed by atoms with Crippen molar-refractivity contribution in [2.45, 2.75) is 39.3 Å². The number of benzene rings is 1. The first kappa shape index (κ1) is 12.0. The Hall–Kier alpha value is -0.0831. The van der Waals surface area contributed by atoms with Crippen LogP contribution in [0, 0.1) is 0 Å². The average molecular weight is 270 g/mol. The first-order chi connectivity index (χ1) is 6.34. The largest absolute Gasteiger partial charge is 0.0810 e. The van der Waals surface area contributed by atoms with Crippen LogP contribution in [0.15, 0.2) is 22.7 Å². The van der Waals surface area contributed by atoms with E-state index in [4.69, 9.17) is 0 Å². The van der Waals surface area contributed by atoms with Gasteiger partial charge in [0.1, 0.15) is 0 Å². The maximum absolute atomic E-state index is 3.67. The van der Waals surface area contributed by atoms with Crippen molar-refractivity contribution >= 4 is 29.9 Å². The van der Waals surface area contributed by atoms with Crippen LogP contribution in [0.25, 0.3) is 0 Å². The molecule has 1 rings (SSSR count). The molecule has 0 atom stereocenters. The molecule has 0 spiro atoms. The van der Waals surface area contributed by atoms with E-state index in [1.807, 2.05) is 0 Å². The Bertz CT molecular complexity index is 324. The van der Waals surface area contributed by atoms with Crippen LogP contribution in [-0.4, -0.2) is 8.80 Å². The molecule has 0 aliphatic rings. The summed E-state index contributed by atoms with van der Waals surface area (Å²) in [5.41, 5.74) is 1.74. The molecule has 0 saturated heterocycles. The highest BCUT2D eigenvalue weighted by Gasteiger charge is 2.21. The molecule has 1 radical (unpaired) electrons. The predicted octanol–water partition coefficient (Wildman–Crippen LogP) is 3.71. The number of hydrogen-bond acceptors (Lipinski definition) is 0. The molecular weight excluding hydrogens is 252 g/mol. The molecule has 0 N–H and O–H groups in total. The zero-order valence-corrected chi connectivity index (χ0v) is 12.2. The van der Waals surface area contributed by atoms with Crippen LogP contribution in [0.5, 0.6) is 0 Å². The molecule has 0 fully saturated rings. The second-order valence-electron chi connectivity index (χ2n) is 4.91. The molecule has 0 bridgehead atoms. The molecule has 1 aromatic rings. The fraction of sp³-hybridized carbons (Fsp3) is 0.500. The third-order valence-corrected chi connectivity index (χ3v) is 4.89. The van der Waals surface area contributed by atoms with Crippen molar-refractivity contribution in [1.29, 1.82) is 0 Å². The zero-order chi connectivity index (χ0) is 10.9. The molecule has 0 unspecified atom stereocenters. The lowest BCUT2D eigenvalue weighted by atomic mass is 9.87. The summed E-state index contributed by atoms with van der Waals surface area (Å²) in [6.07, 6.45) is 0. The minimum atomic E-state index is -0.401. The van der Waals surface area contributed by atoms with Crippen LogP contribution in [-0.2, 0) is 5.41 Å². The van der Waals surface area contributed by atoms with Gasteiger partial charge in [0.25, 0.3) is 0 Å². The maximum Gasteiger partial charge on any atom is 0.0810 e. The van der Waals surface area contributed by atoms with Crippen molar-refractivity contribution in [3.63, 3.8) is 0 Å². The quantitative estimate of drug-likeness (QED) is 0.682. The van der Waals surface area contributed by atoms with Crippen LogP contribution < -0.4 is 5.19 Å². The lowest BCUT2D eigenvalue weighted by molar-refractivity contribution is 0.593. The third-order valence-electron chi connectivity index (χ3n) is 2.32. The Labute approximate surface area is 97.5 Å². The lowest BCUT2D eigenvalue weighted by Gasteiger charge is -2.25. The zero-order valence-electron chi connectivity index (χ0n) is 9.61. The van der Waals surface area contributed by atoms with Gasteiger partial charge in [0.2, 0.25) is 0 Å². The van der Waals surface area contributed by atoms with E-state index in [1.54, 1.807) is 5.19 Å². The van der Waals surface area contributed by atoms with E-state index in [1.165, 1.54) is 10.0 Å². The number of halogens is 1. The van der Waals surface area contributed by atoms with Crippen molar-refractivity contribution in [1.82, 2.24) is 0 Å². The first-order valence-corrected chi connectivity index (χ1v) is 8.23. The summed E-state index contributed by atoms with van der Waals surface area (Å²) < 4.78 is 1.28. The monoisotopic (exact) mass is 269 g/mol. The Morgan fingerprint density at radius 2 is 1.71 bits per heavy atom. The molecule has 0 aliphatic heterocycles. The van der Waals surface area contributed by atoms with Crippen LogP contribution in [0.2, 0.25) is 13.1 Å². The molecule has 0 aliphatic carbocycles. The summed E-state index contributed by atoms with van der Waals surface area (Å²) in [6, 6.07) is 6.55. The molecule has 1 aromatic carbocycles. The highest BCUT2D eigenvalue weighted by Crippen LogP contribution is 2.23. The van der Waals surface area contributed by atoms with Gasteiger partial charge in [0.05, 0.1) is 8.80 Å². The van der Waals surface area contributed by atoms with Crippen LogP contribution in [0.4, 0.5) is 0 Å². The second kappa shape index (κ2) is 4.19. The molecule has 2 heteroatoms. The van der Waals surface area contributed by atoms with E-state index in [-0.39, 0.29) is 5.41 Å². The van der Waals surface area contributed by atoms with E-state index in [9.17, 15) is 0 Å². The maximum atomic E-state index is 3.67. The summed E-state index contributed by atoms with van der Waals surface area (Å²) in [5, 5.41) is 1.55. The van der Waals surface area contributed by atoms with Gasteiger partial charge in [-0.3, -0.25) is 0 Å². The van der Waals surface area contributed by atoms with Gasteiger partial charge in [-0.2, -0.15) is 0 Å². The minimum absolute atomic E-state index is 0.251. The van der Waals surface area contributed by atoms with E-state index < -0.39 is 8.80 Å². The Kier molecular flexibility index (Phi) is 3.59. The average Bonchev–Trinajstić information content (AvgIpc) is 2.01. The lowest BCUT2D eigenvalue weighted by Crippen LogP contribution is -2.33. The fourth-order valence-electron chi connectivity index (χ4n) is 1.66. The number of hydrogen-bond donors (Lipinski definition) is 0. The minimum Gasteiger partial charge on any atom is -0.0670 e. The summed E-state index contributed by atoms with van der Waals surface area (Å²) in [6.45, 7) is 11.5. The van der Waals surface area contributed by atoms with E-state index in [0.717, 1.165) is 0 Å². The van der Waals surface area contributed by atoms with Crippen molar-refractivity contribution in [3.05, 3.63) is 28.2 Å². The highest BCUT2D eigenvalue weighted by atomic mass is 79.9. The summed E-state index contributed by atoms with van der Waals surface area (Å²) >= 11 is 3.67. The van der Waals surface area contributed by atoms with Gasteiger partial charge in [-0.25, -0.2) is 0 Å². The van der Waals surface area contributed by atoms with E-state index >= 15 is 0 Å². The van der Waals surface area contributed by atoms with Crippen molar-refractivity contribution in [3.8, 4) is 0 Å². The second-order valence-corrected chi connectivity index (χ2v) is 8.27. The Morgan fingerprint density at radius 1 is 1.14 bits per heavy atom. The van der Waals surface area contributed by atoms with Crippen molar-refractivity contribution in [2.24, 2.45) is 0 Å². The summed E-state index contributed by atoms with van der Waals surface area (Å²) in [7, 11) is -0.401. The fourth-order valence-corrected chi connectivity index (χ4v) is 4.77. The Balaban J connectivity index is 3.36. The van der Waals surface area contributed by atoms with Crippen molar-refractivity contribution < 1.29 is 0 Å². The van der Waals surface area contributed by atoms with Gasteiger partial charge in [-0.1, -0.05) is 61.9 Å². The molecule has 0 aromatic heterocycles. The smallest absolute Gasteiger partial charge is 0.0670 e. The summed E-state index contributed by atoms with van der Waals surface area (Å²) in [5.74, 6) is 0. The van der Waals surface area contributed by atoms with Gasteiger partial charge < -0.3 is 0 Å². The molecule has 0 saturated carbocycles. The van der Waals surface area contributed by atoms with Gasteiger partial charge in [-0.15, -0.1) is 0 Å². The van der Waals surface area contributed by atoms with Gasteiger partial charge >= 0.3 is 0 Å². The van der Waals surface area contributed by atoms with Gasteiger partial charge in [0.15, 0.2) is 0 Å². The Morgan fingerprint density at radius 3 is 2.07 bits per heavy atom. The molecule has 0 amide bonds. The normalized spacial score (nSPS) is 12.2. The molecular formula is C12H18BrSi. The first-order valence-electron chi connectivity index (χ1n) is 4.93. The molecule has 77 valence electrons. The molecule has 0 nitrogen and oxygen atoms in total. The standard InChI is InChI=1S/C12H18BrSi/c1-12(2,3)9-7-6-8-10(13)11(9)14(4)5/h6-8H,1-5H3. The van der Waals surface area contributed by atoms with Crippen LogP contribution in [0.3, 0.4) is 0 Å². The van der Waals surface area contributed by atoms with Crippen LogP contribution in [0.1, 0.15) is 26.3 Å². The van der Waals surface area contributed by atoms with Gasteiger partial charge in [0, 0.05) is 4.47 Å². The molecule has 14 heavy (non-hydrogen) atoms.